The van der Waals surface area contributed by atoms with Gasteiger partial charge in [0.1, 0.15) is 22.9 Å². The van der Waals surface area contributed by atoms with Gasteiger partial charge in [0.25, 0.3) is 0 Å². The summed E-state index contributed by atoms with van der Waals surface area (Å²) in [5, 5.41) is 23.1. The van der Waals surface area contributed by atoms with E-state index in [1.54, 1.807) is 31.4 Å². The number of sulfonamides is 1. The van der Waals surface area contributed by atoms with Gasteiger partial charge in [-0.05, 0) is 66.7 Å². The molecule has 0 bridgehead atoms. The molecule has 0 spiro atoms. The molecule has 0 aliphatic carbocycles. The minimum Gasteiger partial charge on any atom is -0.506 e. The summed E-state index contributed by atoms with van der Waals surface area (Å²) in [5.74, 6) is 0.689. The molecule has 33 heavy (non-hydrogen) atoms. The van der Waals surface area contributed by atoms with Crippen molar-refractivity contribution in [2.45, 2.75) is 4.90 Å². The average Bonchev–Trinajstić information content (AvgIpc) is 2.81. The molecule has 0 unspecified atom stereocenters. The molecule has 0 fully saturated rings. The number of nitrogens with zero attached hydrogens (tertiary/aromatic N) is 2. The minimum atomic E-state index is -3.81. The van der Waals surface area contributed by atoms with E-state index in [0.29, 0.717) is 22.7 Å². The van der Waals surface area contributed by atoms with Crippen LogP contribution in [0.5, 0.6) is 17.2 Å². The van der Waals surface area contributed by atoms with Gasteiger partial charge in [-0.3, -0.25) is 4.79 Å². The van der Waals surface area contributed by atoms with Gasteiger partial charge in [0.2, 0.25) is 10.0 Å². The lowest BCUT2D eigenvalue weighted by atomic mass is 10.1. The normalized spacial score (nSPS) is 11.7. The van der Waals surface area contributed by atoms with Crippen molar-refractivity contribution in [2.24, 2.45) is 15.4 Å². The van der Waals surface area contributed by atoms with Crippen LogP contribution < -0.4 is 14.6 Å². The van der Waals surface area contributed by atoms with E-state index in [9.17, 15) is 18.3 Å². The van der Waals surface area contributed by atoms with Crippen molar-refractivity contribution in [3.63, 3.8) is 0 Å². The van der Waals surface area contributed by atoms with Gasteiger partial charge >= 0.3 is 0 Å². The zero-order chi connectivity index (χ0) is 24.0. The third kappa shape index (κ3) is 6.03. The van der Waals surface area contributed by atoms with Crippen LogP contribution in [-0.4, -0.2) is 33.5 Å². The molecule has 3 rings (SSSR count). The molecule has 10 heteroatoms. The van der Waals surface area contributed by atoms with Crippen LogP contribution in [-0.2, 0) is 10.0 Å². The molecule has 0 radical (unpaired) electrons. The summed E-state index contributed by atoms with van der Waals surface area (Å²) in [7, 11) is -0.742. The van der Waals surface area contributed by atoms with E-state index in [1.807, 2.05) is 0 Å². The van der Waals surface area contributed by atoms with Crippen molar-refractivity contribution in [3.05, 3.63) is 77.9 Å². The number of primary sulfonamides is 1. The largest absolute Gasteiger partial charge is 0.506 e. The first-order chi connectivity index (χ1) is 15.7. The van der Waals surface area contributed by atoms with Crippen LogP contribution in [0.25, 0.3) is 6.08 Å². The van der Waals surface area contributed by atoms with Crippen molar-refractivity contribution in [1.29, 1.82) is 0 Å². The Labute approximate surface area is 190 Å². The molecule has 0 heterocycles. The van der Waals surface area contributed by atoms with E-state index in [-0.39, 0.29) is 27.7 Å². The number of azo groups is 1. The monoisotopic (exact) mass is 467 g/mol. The van der Waals surface area contributed by atoms with Crippen LogP contribution in [0, 0.1) is 0 Å². The zero-order valence-corrected chi connectivity index (χ0v) is 18.6. The van der Waals surface area contributed by atoms with Crippen LogP contribution in [0.2, 0.25) is 0 Å². The van der Waals surface area contributed by atoms with Gasteiger partial charge in [-0.2, -0.15) is 5.11 Å². The highest BCUT2D eigenvalue weighted by Crippen LogP contribution is 2.30. The van der Waals surface area contributed by atoms with Gasteiger partial charge in [-0.15, -0.1) is 5.11 Å². The smallest absolute Gasteiger partial charge is 0.238 e. The second kappa shape index (κ2) is 10.1. The van der Waals surface area contributed by atoms with E-state index < -0.39 is 10.0 Å². The maximum absolute atomic E-state index is 12.6. The van der Waals surface area contributed by atoms with Crippen molar-refractivity contribution >= 4 is 33.3 Å². The topological polar surface area (TPSA) is 141 Å². The van der Waals surface area contributed by atoms with E-state index in [1.165, 1.54) is 55.7 Å². The molecule has 170 valence electrons. The molecule has 9 nitrogen and oxygen atoms in total. The van der Waals surface area contributed by atoms with Gasteiger partial charge < -0.3 is 14.6 Å². The number of rotatable bonds is 8. The Morgan fingerprint density at radius 3 is 2.33 bits per heavy atom. The zero-order valence-electron chi connectivity index (χ0n) is 17.8. The minimum absolute atomic E-state index is 0.0582. The number of benzene rings is 3. The molecule has 0 saturated carbocycles. The third-order valence-corrected chi connectivity index (χ3v) is 5.48. The quantitative estimate of drug-likeness (QED) is 0.286. The summed E-state index contributed by atoms with van der Waals surface area (Å²) in [6.07, 6.45) is 2.99. The summed E-state index contributed by atoms with van der Waals surface area (Å²) in [5.41, 5.74) is 1.39. The Kier molecular flexibility index (Phi) is 7.21. The summed E-state index contributed by atoms with van der Waals surface area (Å²) >= 11 is 0. The van der Waals surface area contributed by atoms with Gasteiger partial charge in [-0.1, -0.05) is 0 Å². The number of phenolic OH excluding ortho intramolecular Hbond substituents is 1. The van der Waals surface area contributed by atoms with Crippen LogP contribution >= 0.6 is 0 Å². The number of carbonyl (C=O) groups excluding carboxylic acids is 1. The molecule has 0 atom stereocenters. The summed E-state index contributed by atoms with van der Waals surface area (Å²) in [6, 6.07) is 14.8. The van der Waals surface area contributed by atoms with Gasteiger partial charge in [0.15, 0.2) is 5.78 Å². The molecule has 0 aliphatic rings. The predicted molar refractivity (Wildman–Crippen MR) is 123 cm³/mol. The lowest BCUT2D eigenvalue weighted by molar-refractivity contribution is 0.104. The van der Waals surface area contributed by atoms with Crippen LogP contribution in [0.3, 0.4) is 0 Å². The number of aromatic hydroxyl groups is 1. The summed E-state index contributed by atoms with van der Waals surface area (Å²) in [6.45, 7) is 0. The lowest BCUT2D eigenvalue weighted by Gasteiger charge is -2.07. The Hall–Kier alpha value is -4.02. The number of ketones is 1. The van der Waals surface area contributed by atoms with E-state index >= 15 is 0 Å². The number of hydrogen-bond donors (Lipinski definition) is 2. The number of nitrogens with two attached hydrogens (primary N) is 1. The van der Waals surface area contributed by atoms with E-state index in [0.717, 1.165) is 0 Å². The van der Waals surface area contributed by atoms with Crippen molar-refractivity contribution in [3.8, 4) is 17.2 Å². The van der Waals surface area contributed by atoms with Crippen LogP contribution in [0.4, 0.5) is 11.4 Å². The number of allylic oxidation sites excluding steroid dienone is 1. The molecule has 0 saturated heterocycles. The van der Waals surface area contributed by atoms with Crippen LogP contribution in [0.1, 0.15) is 15.9 Å². The maximum atomic E-state index is 12.6. The van der Waals surface area contributed by atoms with Crippen LogP contribution in [0.15, 0.2) is 81.9 Å². The molecule has 3 aromatic rings. The average molecular weight is 468 g/mol. The fourth-order valence-corrected chi connectivity index (χ4v) is 3.30. The van der Waals surface area contributed by atoms with Gasteiger partial charge in [0.05, 0.1) is 24.8 Å². The Balaban J connectivity index is 1.80. The van der Waals surface area contributed by atoms with E-state index in [4.69, 9.17) is 14.6 Å². The second-order valence-electron chi connectivity index (χ2n) is 6.75. The molecule has 0 amide bonds. The molecule has 0 aliphatic heterocycles. The maximum Gasteiger partial charge on any atom is 0.238 e. The van der Waals surface area contributed by atoms with Gasteiger partial charge in [-0.25, -0.2) is 13.6 Å². The molecule has 3 aromatic carbocycles. The van der Waals surface area contributed by atoms with Crippen molar-refractivity contribution in [2.75, 3.05) is 14.2 Å². The molecular weight excluding hydrogens is 446 g/mol. The number of hydrogen-bond acceptors (Lipinski definition) is 8. The SMILES string of the molecule is COc1ccc(/C=C/C(=O)c2ccc(O)c(N=Nc3ccc(S(N)(=O)=O)cc3)c2)c(OC)c1. The fraction of sp³-hybridized carbons (Fsp3) is 0.0870. The first kappa shape index (κ1) is 23.6. The molecule has 3 N–H and O–H groups in total. The molecular formula is C23H21N3O6S. The number of ether oxygens (including phenoxy) is 2. The highest BCUT2D eigenvalue weighted by Gasteiger charge is 2.09. The van der Waals surface area contributed by atoms with Crippen molar-refractivity contribution in [1.82, 2.24) is 0 Å². The summed E-state index contributed by atoms with van der Waals surface area (Å²) < 4.78 is 33.1. The highest BCUT2D eigenvalue weighted by molar-refractivity contribution is 7.89. The standard InChI is InChI=1S/C23H21N3O6S/c1-31-18-8-3-15(23(14-18)32-2)4-11-21(27)16-5-12-22(28)20(13-16)26-25-17-6-9-19(10-7-17)33(24,29)30/h3-14,28H,1-2H3,(H2,24,29,30)/b11-4+,26-25?. The first-order valence-corrected chi connectivity index (χ1v) is 11.1. The highest BCUT2D eigenvalue weighted by atomic mass is 32.2. The fourth-order valence-electron chi connectivity index (χ4n) is 2.79. The number of carbonyl (C=O) groups is 1. The van der Waals surface area contributed by atoms with Crippen molar-refractivity contribution < 1.29 is 27.8 Å². The number of phenols is 1. The summed E-state index contributed by atoms with van der Waals surface area (Å²) in [4.78, 5) is 12.6. The predicted octanol–water partition coefficient (Wildman–Crippen LogP) is 4.37. The molecule has 0 aromatic heterocycles. The Morgan fingerprint density at radius 1 is 0.970 bits per heavy atom. The number of methoxy groups -OCH3 is 2. The lowest BCUT2D eigenvalue weighted by Crippen LogP contribution is -2.11. The Bertz CT molecular complexity index is 1330. The van der Waals surface area contributed by atoms with E-state index in [2.05, 4.69) is 10.2 Å². The van der Waals surface area contributed by atoms with Gasteiger partial charge in [0, 0.05) is 17.2 Å². The third-order valence-electron chi connectivity index (χ3n) is 4.55. The second-order valence-corrected chi connectivity index (χ2v) is 8.31. The Morgan fingerprint density at radius 2 is 1.70 bits per heavy atom. The first-order valence-electron chi connectivity index (χ1n) is 9.53.